The average molecular weight is 616 g/mol. The van der Waals surface area contributed by atoms with Gasteiger partial charge >= 0.3 is 0 Å². The molecule has 0 heterocycles. The molecule has 0 spiro atoms. The molecular formula is C35H34ClNO3S2. The van der Waals surface area contributed by atoms with Gasteiger partial charge in [-0.15, -0.1) is 11.8 Å². The van der Waals surface area contributed by atoms with Crippen molar-refractivity contribution < 1.29 is 14.4 Å². The van der Waals surface area contributed by atoms with E-state index in [1.54, 1.807) is 23.5 Å². The van der Waals surface area contributed by atoms with Crippen LogP contribution in [0.5, 0.6) is 0 Å². The van der Waals surface area contributed by atoms with Gasteiger partial charge in [0.25, 0.3) is 0 Å². The number of carbonyl (C=O) groups excluding carboxylic acids is 2. The first-order valence-corrected chi connectivity index (χ1v) is 16.3. The predicted molar refractivity (Wildman–Crippen MR) is 176 cm³/mol. The van der Waals surface area contributed by atoms with Crippen molar-refractivity contribution in [2.45, 2.75) is 53.7 Å². The highest BCUT2D eigenvalue weighted by Gasteiger charge is 2.16. The molecule has 0 fully saturated rings. The SMILES string of the molecule is CCCCCCON=C(CCSc1ccc(Cl)cc1)C(=O)c1ccc(Sc2ccc(C(=O)c3ccccc3)cc2)cc1. The lowest BCUT2D eigenvalue weighted by atomic mass is 10.0. The Bertz CT molecular complexity index is 1460. The molecule has 0 saturated heterocycles. The molecule has 0 amide bonds. The number of rotatable bonds is 16. The highest BCUT2D eigenvalue weighted by atomic mass is 35.5. The highest BCUT2D eigenvalue weighted by Crippen LogP contribution is 2.29. The van der Waals surface area contributed by atoms with Gasteiger partial charge in [0.2, 0.25) is 5.78 Å². The van der Waals surface area contributed by atoms with E-state index in [0.29, 0.717) is 46.2 Å². The van der Waals surface area contributed by atoms with Gasteiger partial charge in [0.15, 0.2) is 5.78 Å². The molecule has 4 rings (SSSR count). The first-order valence-electron chi connectivity index (χ1n) is 14.1. The van der Waals surface area contributed by atoms with Crippen molar-refractivity contribution in [1.82, 2.24) is 0 Å². The lowest BCUT2D eigenvalue weighted by molar-refractivity contribution is 0.103. The molecule has 0 unspecified atom stereocenters. The van der Waals surface area contributed by atoms with Gasteiger partial charge in [0.1, 0.15) is 12.3 Å². The lowest BCUT2D eigenvalue weighted by Gasteiger charge is -2.08. The molecular weight excluding hydrogens is 582 g/mol. The normalized spacial score (nSPS) is 11.3. The second-order valence-electron chi connectivity index (χ2n) is 9.66. The molecule has 0 N–H and O–H groups in total. The Balaban J connectivity index is 1.37. The summed E-state index contributed by atoms with van der Waals surface area (Å²) in [6.07, 6.45) is 4.82. The smallest absolute Gasteiger partial charge is 0.210 e. The van der Waals surface area contributed by atoms with Crippen LogP contribution >= 0.6 is 35.1 Å². The molecule has 4 aromatic carbocycles. The summed E-state index contributed by atoms with van der Waals surface area (Å²) in [5, 5.41) is 4.98. The lowest BCUT2D eigenvalue weighted by Crippen LogP contribution is -2.16. The molecule has 4 aromatic rings. The quantitative estimate of drug-likeness (QED) is 0.0413. The van der Waals surface area contributed by atoms with Crippen molar-refractivity contribution in [3.8, 4) is 0 Å². The van der Waals surface area contributed by atoms with Gasteiger partial charge in [-0.1, -0.05) is 78.6 Å². The zero-order valence-corrected chi connectivity index (χ0v) is 26.0. The van der Waals surface area contributed by atoms with Crippen LogP contribution in [-0.2, 0) is 4.84 Å². The number of hydrogen-bond acceptors (Lipinski definition) is 6. The molecule has 0 radical (unpaired) electrons. The summed E-state index contributed by atoms with van der Waals surface area (Å²) in [6.45, 7) is 2.68. The predicted octanol–water partition coefficient (Wildman–Crippen LogP) is 10.0. The zero-order valence-electron chi connectivity index (χ0n) is 23.6. The zero-order chi connectivity index (χ0) is 29.6. The minimum absolute atomic E-state index is 0.00369. The fourth-order valence-electron chi connectivity index (χ4n) is 4.12. The first-order chi connectivity index (χ1) is 20.5. The van der Waals surface area contributed by atoms with E-state index in [0.717, 1.165) is 40.4 Å². The van der Waals surface area contributed by atoms with Crippen LogP contribution in [0.1, 0.15) is 65.3 Å². The van der Waals surface area contributed by atoms with Crippen molar-refractivity contribution >= 4 is 52.4 Å². The summed E-state index contributed by atoms with van der Waals surface area (Å²) in [4.78, 5) is 34.8. The van der Waals surface area contributed by atoms with E-state index in [2.05, 4.69) is 12.1 Å². The average Bonchev–Trinajstić information content (AvgIpc) is 3.03. The van der Waals surface area contributed by atoms with Crippen LogP contribution in [0.25, 0.3) is 0 Å². The van der Waals surface area contributed by atoms with E-state index in [-0.39, 0.29) is 11.6 Å². The Hall–Kier alpha value is -3.32. The maximum atomic E-state index is 13.4. The second-order valence-corrected chi connectivity index (χ2v) is 12.4. The van der Waals surface area contributed by atoms with Crippen LogP contribution in [0.2, 0.25) is 5.02 Å². The molecule has 4 nitrogen and oxygen atoms in total. The molecule has 0 bridgehead atoms. The number of nitrogens with zero attached hydrogens (tertiary/aromatic N) is 1. The summed E-state index contributed by atoms with van der Waals surface area (Å²) < 4.78 is 0. The van der Waals surface area contributed by atoms with Crippen LogP contribution in [0.4, 0.5) is 0 Å². The third-order valence-corrected chi connectivity index (χ3v) is 8.73. The van der Waals surface area contributed by atoms with Crippen LogP contribution in [0.3, 0.4) is 0 Å². The summed E-state index contributed by atoms with van der Waals surface area (Å²) in [6, 6.07) is 32.1. The Morgan fingerprint density at radius 3 is 1.95 bits per heavy atom. The standard InChI is InChI=1S/C35H34ClNO3S2/c1-2-3-4-8-24-40-37-33(23-25-41-30-21-15-29(36)16-22-30)35(39)28-13-19-32(20-14-28)42-31-17-11-27(12-18-31)34(38)26-9-6-5-7-10-26/h5-7,9-22H,2-4,8,23-25H2,1H3. The van der Waals surface area contributed by atoms with Gasteiger partial charge in [-0.25, -0.2) is 0 Å². The van der Waals surface area contributed by atoms with Crippen molar-refractivity contribution in [1.29, 1.82) is 0 Å². The van der Waals surface area contributed by atoms with Crippen molar-refractivity contribution in [2.24, 2.45) is 5.16 Å². The molecule has 0 aliphatic heterocycles. The molecule has 0 aromatic heterocycles. The van der Waals surface area contributed by atoms with E-state index in [1.165, 1.54) is 0 Å². The minimum atomic E-state index is -0.124. The largest absolute Gasteiger partial charge is 0.395 e. The van der Waals surface area contributed by atoms with Crippen molar-refractivity contribution in [3.05, 3.63) is 125 Å². The number of oxime groups is 1. The molecule has 0 aliphatic carbocycles. The van der Waals surface area contributed by atoms with Gasteiger partial charge in [0.05, 0.1) is 0 Å². The number of Topliss-reactive ketones (excluding diaryl/α,β-unsaturated/α-hetero) is 1. The van der Waals surface area contributed by atoms with Gasteiger partial charge < -0.3 is 4.84 Å². The summed E-state index contributed by atoms with van der Waals surface area (Å²) >= 11 is 9.23. The summed E-state index contributed by atoms with van der Waals surface area (Å²) in [7, 11) is 0. The number of halogens is 1. The van der Waals surface area contributed by atoms with E-state index in [1.807, 2.05) is 103 Å². The molecule has 0 aliphatic rings. The first kappa shape index (κ1) is 31.6. The summed E-state index contributed by atoms with van der Waals surface area (Å²) in [5.41, 5.74) is 2.32. The molecule has 42 heavy (non-hydrogen) atoms. The van der Waals surface area contributed by atoms with E-state index in [4.69, 9.17) is 16.4 Å². The van der Waals surface area contributed by atoms with Crippen molar-refractivity contribution in [2.75, 3.05) is 12.4 Å². The Kier molecular flexibility index (Phi) is 12.8. The van der Waals surface area contributed by atoms with Gasteiger partial charge in [-0.3, -0.25) is 9.59 Å². The fourth-order valence-corrected chi connectivity index (χ4v) is 5.92. The van der Waals surface area contributed by atoms with Crippen molar-refractivity contribution in [3.63, 3.8) is 0 Å². The molecule has 216 valence electrons. The van der Waals surface area contributed by atoms with Gasteiger partial charge in [-0.05, 0) is 85.6 Å². The van der Waals surface area contributed by atoms with Gasteiger partial charge in [0, 0.05) is 48.6 Å². The van der Waals surface area contributed by atoms with Crippen LogP contribution in [0.15, 0.2) is 123 Å². The monoisotopic (exact) mass is 615 g/mol. The van der Waals surface area contributed by atoms with Crippen LogP contribution in [-0.4, -0.2) is 29.6 Å². The molecule has 0 saturated carbocycles. The Morgan fingerprint density at radius 1 is 0.714 bits per heavy atom. The Labute approximate surface area is 261 Å². The fraction of sp³-hybridized carbons (Fsp3) is 0.229. The topological polar surface area (TPSA) is 55.7 Å². The number of carbonyl (C=O) groups is 2. The van der Waals surface area contributed by atoms with Crippen LogP contribution < -0.4 is 0 Å². The third kappa shape index (κ3) is 9.90. The Morgan fingerprint density at radius 2 is 1.31 bits per heavy atom. The number of benzene rings is 4. The maximum absolute atomic E-state index is 13.4. The molecule has 7 heteroatoms. The minimum Gasteiger partial charge on any atom is -0.395 e. The molecule has 0 atom stereocenters. The number of unbranched alkanes of at least 4 members (excludes halogenated alkanes) is 3. The van der Waals surface area contributed by atoms with Crippen LogP contribution in [0, 0.1) is 0 Å². The maximum Gasteiger partial charge on any atom is 0.210 e. The summed E-state index contributed by atoms with van der Waals surface area (Å²) in [5.74, 6) is 0.576. The number of thioether (sulfide) groups is 1. The van der Waals surface area contributed by atoms with E-state index >= 15 is 0 Å². The number of ketones is 2. The third-order valence-electron chi connectivity index (χ3n) is 6.45. The second kappa shape index (κ2) is 17.0. The number of hydrogen-bond donors (Lipinski definition) is 0. The van der Waals surface area contributed by atoms with E-state index < -0.39 is 0 Å². The highest BCUT2D eigenvalue weighted by molar-refractivity contribution is 7.99. The van der Waals surface area contributed by atoms with E-state index in [9.17, 15) is 9.59 Å². The van der Waals surface area contributed by atoms with Gasteiger partial charge in [-0.2, -0.15) is 0 Å².